The summed E-state index contributed by atoms with van der Waals surface area (Å²) in [6.45, 7) is 1.74. The van der Waals surface area contributed by atoms with E-state index in [0.29, 0.717) is 5.56 Å². The van der Waals surface area contributed by atoms with Crippen LogP contribution in [0.5, 0.6) is 0 Å². The zero-order valence-corrected chi connectivity index (χ0v) is 8.29. The molecular formula is C8H7BrClF. The molecule has 1 aromatic carbocycles. The van der Waals surface area contributed by atoms with Crippen LogP contribution in [0.3, 0.4) is 0 Å². The van der Waals surface area contributed by atoms with Gasteiger partial charge in [-0.15, -0.1) is 11.6 Å². The van der Waals surface area contributed by atoms with Crippen molar-refractivity contribution >= 4 is 27.5 Å². The predicted molar refractivity (Wildman–Crippen MR) is 48.4 cm³/mol. The van der Waals surface area contributed by atoms with Crippen molar-refractivity contribution in [2.24, 2.45) is 0 Å². The van der Waals surface area contributed by atoms with Crippen LogP contribution in [0.25, 0.3) is 0 Å². The molecule has 1 unspecified atom stereocenters. The summed E-state index contributed by atoms with van der Waals surface area (Å²) in [7, 11) is 0. The van der Waals surface area contributed by atoms with E-state index in [1.54, 1.807) is 19.1 Å². The molecule has 0 bridgehead atoms. The first-order valence-corrected chi connectivity index (χ1v) is 4.43. The van der Waals surface area contributed by atoms with Crippen molar-refractivity contribution in [2.45, 2.75) is 12.3 Å². The molecule has 0 radical (unpaired) electrons. The summed E-state index contributed by atoms with van der Waals surface area (Å²) in [6.07, 6.45) is 0. The van der Waals surface area contributed by atoms with Crippen LogP contribution in [0, 0.1) is 5.82 Å². The summed E-state index contributed by atoms with van der Waals surface area (Å²) in [5.41, 5.74) is 0.537. The van der Waals surface area contributed by atoms with Crippen molar-refractivity contribution in [1.29, 1.82) is 0 Å². The molecule has 0 saturated heterocycles. The maximum absolute atomic E-state index is 13.0. The van der Waals surface area contributed by atoms with Gasteiger partial charge in [-0.3, -0.25) is 0 Å². The average Bonchev–Trinajstić information content (AvgIpc) is 1.85. The van der Waals surface area contributed by atoms with Gasteiger partial charge in [-0.1, -0.05) is 22.0 Å². The smallest absolute Gasteiger partial charge is 0.129 e. The van der Waals surface area contributed by atoms with E-state index in [-0.39, 0.29) is 11.2 Å². The van der Waals surface area contributed by atoms with Crippen LogP contribution >= 0.6 is 27.5 Å². The standard InChI is InChI=1S/C8H7BrClF/c1-5(10)7-3-2-6(9)4-8(7)11/h2-5H,1H3. The van der Waals surface area contributed by atoms with E-state index in [9.17, 15) is 4.39 Å². The highest BCUT2D eigenvalue weighted by molar-refractivity contribution is 9.10. The monoisotopic (exact) mass is 236 g/mol. The van der Waals surface area contributed by atoms with Gasteiger partial charge in [0.2, 0.25) is 0 Å². The van der Waals surface area contributed by atoms with Crippen LogP contribution in [-0.4, -0.2) is 0 Å². The lowest BCUT2D eigenvalue weighted by Crippen LogP contribution is -1.89. The molecule has 0 aliphatic heterocycles. The summed E-state index contributed by atoms with van der Waals surface area (Å²) >= 11 is 8.87. The largest absolute Gasteiger partial charge is 0.207 e. The Morgan fingerprint density at radius 3 is 2.64 bits per heavy atom. The number of rotatable bonds is 1. The van der Waals surface area contributed by atoms with E-state index in [0.717, 1.165) is 4.47 Å². The fraction of sp³-hybridized carbons (Fsp3) is 0.250. The fourth-order valence-corrected chi connectivity index (χ4v) is 1.33. The highest BCUT2D eigenvalue weighted by atomic mass is 79.9. The molecule has 1 atom stereocenters. The van der Waals surface area contributed by atoms with E-state index in [1.807, 2.05) is 0 Å². The molecule has 1 rings (SSSR count). The lowest BCUT2D eigenvalue weighted by atomic mass is 10.1. The summed E-state index contributed by atoms with van der Waals surface area (Å²) < 4.78 is 13.7. The van der Waals surface area contributed by atoms with Gasteiger partial charge in [0.15, 0.2) is 0 Å². The summed E-state index contributed by atoms with van der Waals surface area (Å²) in [6, 6.07) is 4.86. The first-order valence-electron chi connectivity index (χ1n) is 3.20. The van der Waals surface area contributed by atoms with Gasteiger partial charge in [-0.25, -0.2) is 4.39 Å². The fourth-order valence-electron chi connectivity index (χ4n) is 0.824. The lowest BCUT2D eigenvalue weighted by Gasteiger charge is -2.04. The molecule has 60 valence electrons. The SMILES string of the molecule is CC(Cl)c1ccc(Br)cc1F. The Bertz CT molecular complexity index is 260. The Morgan fingerprint density at radius 1 is 1.55 bits per heavy atom. The van der Waals surface area contributed by atoms with Gasteiger partial charge < -0.3 is 0 Å². The zero-order chi connectivity index (χ0) is 8.43. The van der Waals surface area contributed by atoms with Gasteiger partial charge >= 0.3 is 0 Å². The van der Waals surface area contributed by atoms with Crippen molar-refractivity contribution in [3.05, 3.63) is 34.1 Å². The zero-order valence-electron chi connectivity index (χ0n) is 5.94. The van der Waals surface area contributed by atoms with E-state index in [4.69, 9.17) is 11.6 Å². The van der Waals surface area contributed by atoms with E-state index in [1.165, 1.54) is 6.07 Å². The van der Waals surface area contributed by atoms with Crippen molar-refractivity contribution in [3.63, 3.8) is 0 Å². The molecule has 0 N–H and O–H groups in total. The Labute approximate surface area is 78.5 Å². The molecule has 0 heterocycles. The maximum atomic E-state index is 13.0. The van der Waals surface area contributed by atoms with Crippen molar-refractivity contribution in [3.8, 4) is 0 Å². The maximum Gasteiger partial charge on any atom is 0.129 e. The van der Waals surface area contributed by atoms with Crippen LogP contribution < -0.4 is 0 Å². The van der Waals surface area contributed by atoms with Gasteiger partial charge in [0.25, 0.3) is 0 Å². The minimum Gasteiger partial charge on any atom is -0.207 e. The molecule has 0 saturated carbocycles. The lowest BCUT2D eigenvalue weighted by molar-refractivity contribution is 0.609. The number of benzene rings is 1. The topological polar surface area (TPSA) is 0 Å². The number of hydrogen-bond acceptors (Lipinski definition) is 0. The van der Waals surface area contributed by atoms with Crippen LogP contribution in [0.4, 0.5) is 4.39 Å². The molecule has 0 spiro atoms. The molecule has 0 fully saturated rings. The Balaban J connectivity index is 3.09. The van der Waals surface area contributed by atoms with E-state index >= 15 is 0 Å². The first kappa shape index (κ1) is 9.01. The molecule has 1 aromatic rings. The van der Waals surface area contributed by atoms with Gasteiger partial charge in [0, 0.05) is 10.0 Å². The van der Waals surface area contributed by atoms with Crippen molar-refractivity contribution in [2.75, 3.05) is 0 Å². The minimum atomic E-state index is -0.275. The third-order valence-corrected chi connectivity index (χ3v) is 2.12. The van der Waals surface area contributed by atoms with Crippen LogP contribution in [0.2, 0.25) is 0 Å². The molecule has 0 nitrogen and oxygen atoms in total. The quantitative estimate of drug-likeness (QED) is 0.650. The van der Waals surface area contributed by atoms with Gasteiger partial charge in [0.05, 0.1) is 5.38 Å². The van der Waals surface area contributed by atoms with Gasteiger partial charge in [-0.05, 0) is 19.1 Å². The van der Waals surface area contributed by atoms with Crippen LogP contribution in [-0.2, 0) is 0 Å². The highest BCUT2D eigenvalue weighted by Gasteiger charge is 2.07. The molecular weight excluding hydrogens is 230 g/mol. The summed E-state index contributed by atoms with van der Waals surface area (Å²) in [5, 5.41) is -0.275. The van der Waals surface area contributed by atoms with Crippen molar-refractivity contribution in [1.82, 2.24) is 0 Å². The van der Waals surface area contributed by atoms with E-state index < -0.39 is 0 Å². The molecule has 0 aliphatic rings. The second-order valence-electron chi connectivity index (χ2n) is 2.28. The first-order chi connectivity index (χ1) is 5.11. The third kappa shape index (κ3) is 2.17. The predicted octanol–water partition coefficient (Wildman–Crippen LogP) is 3.89. The molecule has 3 heteroatoms. The number of hydrogen-bond donors (Lipinski definition) is 0. The molecule has 11 heavy (non-hydrogen) atoms. The normalized spacial score (nSPS) is 13.1. The van der Waals surface area contributed by atoms with Gasteiger partial charge in [0.1, 0.15) is 5.82 Å². The van der Waals surface area contributed by atoms with Crippen LogP contribution in [0.15, 0.2) is 22.7 Å². The number of halogens is 3. The van der Waals surface area contributed by atoms with Crippen LogP contribution in [0.1, 0.15) is 17.9 Å². The Kier molecular flexibility index (Phi) is 2.90. The number of alkyl halides is 1. The molecule has 0 aromatic heterocycles. The molecule has 0 aliphatic carbocycles. The third-order valence-electron chi connectivity index (χ3n) is 1.39. The average molecular weight is 237 g/mol. The summed E-state index contributed by atoms with van der Waals surface area (Å²) in [5.74, 6) is -0.262. The second-order valence-corrected chi connectivity index (χ2v) is 3.85. The Morgan fingerprint density at radius 2 is 2.18 bits per heavy atom. The summed E-state index contributed by atoms with van der Waals surface area (Å²) in [4.78, 5) is 0. The second kappa shape index (κ2) is 3.55. The minimum absolute atomic E-state index is 0.262. The molecule has 0 amide bonds. The van der Waals surface area contributed by atoms with Gasteiger partial charge in [-0.2, -0.15) is 0 Å². The Hall–Kier alpha value is -0.0800. The highest BCUT2D eigenvalue weighted by Crippen LogP contribution is 2.24. The van der Waals surface area contributed by atoms with Crippen molar-refractivity contribution < 1.29 is 4.39 Å². The van der Waals surface area contributed by atoms with E-state index in [2.05, 4.69) is 15.9 Å².